The minimum atomic E-state index is -0.562. The van der Waals surface area contributed by atoms with E-state index in [0.717, 1.165) is 5.56 Å². The first-order valence-electron chi connectivity index (χ1n) is 6.52. The lowest BCUT2D eigenvalue weighted by Gasteiger charge is -2.13. The van der Waals surface area contributed by atoms with Crippen molar-refractivity contribution in [2.75, 3.05) is 12.3 Å². The van der Waals surface area contributed by atoms with Crippen molar-refractivity contribution >= 4 is 11.7 Å². The van der Waals surface area contributed by atoms with Crippen LogP contribution in [0, 0.1) is 12.7 Å². The van der Waals surface area contributed by atoms with Gasteiger partial charge in [0, 0.05) is 0 Å². The lowest BCUT2D eigenvalue weighted by Crippen LogP contribution is -2.08. The average Bonchev–Trinajstić information content (AvgIpc) is 2.45. The molecule has 0 saturated heterocycles. The van der Waals surface area contributed by atoms with Gasteiger partial charge in [-0.05, 0) is 43.7 Å². The minimum Gasteiger partial charge on any atom is -0.462 e. The predicted molar refractivity (Wildman–Crippen MR) is 78.0 cm³/mol. The van der Waals surface area contributed by atoms with Gasteiger partial charge in [-0.25, -0.2) is 9.18 Å². The maximum Gasteiger partial charge on any atom is 0.342 e. The van der Waals surface area contributed by atoms with Crippen molar-refractivity contribution in [1.29, 1.82) is 0 Å². The van der Waals surface area contributed by atoms with Gasteiger partial charge < -0.3 is 15.2 Å². The summed E-state index contributed by atoms with van der Waals surface area (Å²) < 4.78 is 24.3. The Bertz CT molecular complexity index is 671. The molecule has 0 spiro atoms. The largest absolute Gasteiger partial charge is 0.462 e. The zero-order chi connectivity index (χ0) is 15.4. The maximum atomic E-state index is 13.8. The molecule has 0 radical (unpaired) electrons. The maximum absolute atomic E-state index is 13.8. The van der Waals surface area contributed by atoms with Crippen LogP contribution in [0.25, 0.3) is 0 Å². The van der Waals surface area contributed by atoms with Crippen molar-refractivity contribution in [1.82, 2.24) is 0 Å². The van der Waals surface area contributed by atoms with Gasteiger partial charge in [0.15, 0.2) is 17.3 Å². The number of nitrogens with two attached hydrogens (primary N) is 1. The second kappa shape index (κ2) is 6.26. The van der Waals surface area contributed by atoms with Crippen LogP contribution in [0.15, 0.2) is 36.4 Å². The molecule has 0 heterocycles. The molecule has 0 saturated carbocycles. The average molecular weight is 289 g/mol. The molecule has 4 nitrogen and oxygen atoms in total. The quantitative estimate of drug-likeness (QED) is 0.689. The number of esters is 1. The second-order valence-electron chi connectivity index (χ2n) is 4.48. The van der Waals surface area contributed by atoms with Crippen LogP contribution in [0.1, 0.15) is 22.8 Å². The van der Waals surface area contributed by atoms with Gasteiger partial charge in [-0.15, -0.1) is 0 Å². The molecule has 0 amide bonds. The van der Waals surface area contributed by atoms with E-state index < -0.39 is 11.8 Å². The number of rotatable bonds is 4. The number of para-hydroxylation sites is 1. The smallest absolute Gasteiger partial charge is 0.342 e. The van der Waals surface area contributed by atoms with E-state index in [2.05, 4.69) is 0 Å². The number of benzene rings is 2. The number of nitrogen functional groups attached to an aromatic ring is 1. The number of hydrogen-bond donors (Lipinski definition) is 1. The highest BCUT2D eigenvalue weighted by molar-refractivity contribution is 5.94. The van der Waals surface area contributed by atoms with E-state index in [1.165, 1.54) is 18.2 Å². The van der Waals surface area contributed by atoms with E-state index in [1.807, 2.05) is 6.92 Å². The van der Waals surface area contributed by atoms with Crippen molar-refractivity contribution in [3.8, 4) is 11.5 Å². The standard InChI is InChI=1S/C16H16FNO3/c1-3-20-16(19)11-5-4-6-13(18)15(11)21-14-9-10(2)7-8-12(14)17/h4-9H,3,18H2,1-2H3. The molecule has 0 bridgehead atoms. The number of aryl methyl sites for hydroxylation is 1. The Balaban J connectivity index is 2.43. The molecule has 0 aromatic heterocycles. The van der Waals surface area contributed by atoms with Crippen LogP contribution in [0.5, 0.6) is 11.5 Å². The van der Waals surface area contributed by atoms with Crippen molar-refractivity contribution in [3.05, 3.63) is 53.3 Å². The van der Waals surface area contributed by atoms with Crippen LogP contribution in [0.2, 0.25) is 0 Å². The number of carbonyl (C=O) groups is 1. The molecule has 0 aliphatic heterocycles. The first-order chi connectivity index (χ1) is 10.0. The van der Waals surface area contributed by atoms with Crippen LogP contribution < -0.4 is 10.5 Å². The number of ether oxygens (including phenoxy) is 2. The topological polar surface area (TPSA) is 61.5 Å². The summed E-state index contributed by atoms with van der Waals surface area (Å²) in [5, 5.41) is 0. The number of anilines is 1. The molecule has 2 aromatic carbocycles. The highest BCUT2D eigenvalue weighted by atomic mass is 19.1. The third-order valence-electron chi connectivity index (χ3n) is 2.84. The van der Waals surface area contributed by atoms with E-state index in [1.54, 1.807) is 25.1 Å². The van der Waals surface area contributed by atoms with E-state index >= 15 is 0 Å². The fourth-order valence-electron chi connectivity index (χ4n) is 1.84. The number of carbonyl (C=O) groups excluding carboxylic acids is 1. The highest BCUT2D eigenvalue weighted by Crippen LogP contribution is 2.33. The summed E-state index contributed by atoms with van der Waals surface area (Å²) in [6.45, 7) is 3.74. The van der Waals surface area contributed by atoms with Crippen LogP contribution in [0.3, 0.4) is 0 Å². The van der Waals surface area contributed by atoms with E-state index in [0.29, 0.717) is 0 Å². The van der Waals surface area contributed by atoms with Crippen LogP contribution in [-0.4, -0.2) is 12.6 Å². The van der Waals surface area contributed by atoms with Gasteiger partial charge in [-0.1, -0.05) is 12.1 Å². The molecule has 0 atom stereocenters. The van der Waals surface area contributed by atoms with Crippen LogP contribution in [-0.2, 0) is 4.74 Å². The first kappa shape index (κ1) is 14.8. The predicted octanol–water partition coefficient (Wildman–Crippen LogP) is 3.69. The van der Waals surface area contributed by atoms with Crippen LogP contribution >= 0.6 is 0 Å². The molecule has 0 aliphatic carbocycles. The van der Waals surface area contributed by atoms with Crippen molar-refractivity contribution < 1.29 is 18.7 Å². The van der Waals surface area contributed by atoms with E-state index in [-0.39, 0.29) is 29.4 Å². The molecule has 5 heteroatoms. The Morgan fingerprint density at radius 1 is 1.29 bits per heavy atom. The molecule has 2 N–H and O–H groups in total. The third-order valence-corrected chi connectivity index (χ3v) is 2.84. The van der Waals surface area contributed by atoms with Gasteiger partial charge in [-0.3, -0.25) is 0 Å². The molecule has 0 aliphatic rings. The Morgan fingerprint density at radius 2 is 2.05 bits per heavy atom. The molecule has 2 rings (SSSR count). The fraction of sp³-hybridized carbons (Fsp3) is 0.188. The summed E-state index contributed by atoms with van der Waals surface area (Å²) >= 11 is 0. The minimum absolute atomic E-state index is 0.0125. The van der Waals surface area contributed by atoms with Crippen LogP contribution in [0.4, 0.5) is 10.1 Å². The van der Waals surface area contributed by atoms with Gasteiger partial charge in [0.25, 0.3) is 0 Å². The van der Waals surface area contributed by atoms with Crippen molar-refractivity contribution in [2.45, 2.75) is 13.8 Å². The van der Waals surface area contributed by atoms with Crippen molar-refractivity contribution in [3.63, 3.8) is 0 Å². The Morgan fingerprint density at radius 3 is 2.76 bits per heavy atom. The fourth-order valence-corrected chi connectivity index (χ4v) is 1.84. The SMILES string of the molecule is CCOC(=O)c1cccc(N)c1Oc1cc(C)ccc1F. The zero-order valence-corrected chi connectivity index (χ0v) is 11.9. The van der Waals surface area contributed by atoms with Gasteiger partial charge in [0.1, 0.15) is 5.56 Å². The summed E-state index contributed by atoms with van der Waals surface area (Å²) in [4.78, 5) is 11.9. The van der Waals surface area contributed by atoms with Gasteiger partial charge in [0.2, 0.25) is 0 Å². The molecule has 0 fully saturated rings. The second-order valence-corrected chi connectivity index (χ2v) is 4.48. The van der Waals surface area contributed by atoms with E-state index in [4.69, 9.17) is 15.2 Å². The highest BCUT2D eigenvalue weighted by Gasteiger charge is 2.18. The lowest BCUT2D eigenvalue weighted by atomic mass is 10.1. The summed E-state index contributed by atoms with van der Waals surface area (Å²) in [6, 6.07) is 9.18. The Kier molecular flexibility index (Phi) is 4.42. The Labute approximate surface area is 122 Å². The normalized spacial score (nSPS) is 10.2. The summed E-state index contributed by atoms with van der Waals surface area (Å²) in [5.74, 6) is -0.981. The Hall–Kier alpha value is -2.56. The van der Waals surface area contributed by atoms with E-state index in [9.17, 15) is 9.18 Å². The molecular formula is C16H16FNO3. The molecule has 0 unspecified atom stereocenters. The monoisotopic (exact) mass is 289 g/mol. The molecule has 110 valence electrons. The number of halogens is 1. The van der Waals surface area contributed by atoms with Gasteiger partial charge >= 0.3 is 5.97 Å². The van der Waals surface area contributed by atoms with Crippen molar-refractivity contribution in [2.24, 2.45) is 0 Å². The molecular weight excluding hydrogens is 273 g/mol. The van der Waals surface area contributed by atoms with Gasteiger partial charge in [-0.2, -0.15) is 0 Å². The lowest BCUT2D eigenvalue weighted by molar-refractivity contribution is 0.0523. The molecule has 2 aromatic rings. The summed E-state index contributed by atoms with van der Waals surface area (Å²) in [6.07, 6.45) is 0. The summed E-state index contributed by atoms with van der Waals surface area (Å²) in [7, 11) is 0. The zero-order valence-electron chi connectivity index (χ0n) is 11.9. The number of hydrogen-bond acceptors (Lipinski definition) is 4. The third kappa shape index (κ3) is 3.31. The molecule has 21 heavy (non-hydrogen) atoms. The van der Waals surface area contributed by atoms with Gasteiger partial charge in [0.05, 0.1) is 12.3 Å². The first-order valence-corrected chi connectivity index (χ1v) is 6.52. The summed E-state index contributed by atoms with van der Waals surface area (Å²) in [5.41, 5.74) is 7.07.